The third-order valence-electron chi connectivity index (χ3n) is 6.30. The minimum absolute atomic E-state index is 0.812. The van der Waals surface area contributed by atoms with Crippen LogP contribution in [0.15, 0.2) is 42.7 Å². The van der Waals surface area contributed by atoms with Crippen molar-refractivity contribution in [2.24, 2.45) is 0 Å². The van der Waals surface area contributed by atoms with Crippen LogP contribution in [0.25, 0.3) is 10.9 Å². The first-order valence-corrected chi connectivity index (χ1v) is 11.3. The van der Waals surface area contributed by atoms with Crippen molar-refractivity contribution in [3.05, 3.63) is 53.3 Å². The standard InChI is InChI=1S/C23H29ClN6/c24-19-7-8-21-20(15-19)18(16-26-21)5-2-1-3-10-28-11-13-29(14-12-28)30-17-27-23-22(30)6-4-9-25-23/h4,6-9,15-16,26H,1-3,5,10-14,17H2,(H,25,27). The lowest BCUT2D eigenvalue weighted by Gasteiger charge is -2.40. The van der Waals surface area contributed by atoms with Gasteiger partial charge >= 0.3 is 0 Å². The maximum absolute atomic E-state index is 6.16. The molecule has 2 aliphatic heterocycles. The van der Waals surface area contributed by atoms with Crippen molar-refractivity contribution in [3.8, 4) is 0 Å². The summed E-state index contributed by atoms with van der Waals surface area (Å²) < 4.78 is 0. The Hall–Kier alpha value is -2.28. The van der Waals surface area contributed by atoms with Gasteiger partial charge in [-0.3, -0.25) is 5.01 Å². The molecule has 30 heavy (non-hydrogen) atoms. The van der Waals surface area contributed by atoms with Gasteiger partial charge in [0.25, 0.3) is 0 Å². The van der Waals surface area contributed by atoms with Crippen LogP contribution in [0, 0.1) is 0 Å². The van der Waals surface area contributed by atoms with Crippen molar-refractivity contribution in [1.29, 1.82) is 0 Å². The zero-order valence-electron chi connectivity index (χ0n) is 17.3. The summed E-state index contributed by atoms with van der Waals surface area (Å²) in [5.41, 5.74) is 3.76. The van der Waals surface area contributed by atoms with Gasteiger partial charge < -0.3 is 15.2 Å². The molecule has 1 aromatic carbocycles. The largest absolute Gasteiger partial charge is 0.361 e. The first-order chi connectivity index (χ1) is 14.8. The third-order valence-corrected chi connectivity index (χ3v) is 6.54. The minimum Gasteiger partial charge on any atom is -0.361 e. The highest BCUT2D eigenvalue weighted by molar-refractivity contribution is 6.31. The van der Waals surface area contributed by atoms with Crippen molar-refractivity contribution < 1.29 is 0 Å². The molecule has 0 radical (unpaired) electrons. The lowest BCUT2D eigenvalue weighted by Crippen LogP contribution is -2.54. The predicted molar refractivity (Wildman–Crippen MR) is 124 cm³/mol. The van der Waals surface area contributed by atoms with Crippen LogP contribution in [0.1, 0.15) is 24.8 Å². The second-order valence-corrected chi connectivity index (χ2v) is 8.65. The van der Waals surface area contributed by atoms with Crippen LogP contribution >= 0.6 is 11.6 Å². The van der Waals surface area contributed by atoms with E-state index in [1.165, 1.54) is 48.0 Å². The number of benzene rings is 1. The Balaban J connectivity index is 1.03. The molecule has 0 bridgehead atoms. The molecule has 0 atom stereocenters. The Kier molecular flexibility index (Phi) is 5.79. The molecular formula is C23H29ClN6. The lowest BCUT2D eigenvalue weighted by atomic mass is 10.1. The summed E-state index contributed by atoms with van der Waals surface area (Å²) in [6, 6.07) is 10.2. The average molecular weight is 425 g/mol. The van der Waals surface area contributed by atoms with E-state index < -0.39 is 0 Å². The summed E-state index contributed by atoms with van der Waals surface area (Å²) in [7, 11) is 0. The number of H-pyrrole nitrogens is 1. The molecule has 2 aliphatic rings. The van der Waals surface area contributed by atoms with E-state index in [-0.39, 0.29) is 0 Å². The first kappa shape index (κ1) is 19.7. The van der Waals surface area contributed by atoms with Gasteiger partial charge in [-0.15, -0.1) is 0 Å². The van der Waals surface area contributed by atoms with Gasteiger partial charge in [0.05, 0.1) is 5.69 Å². The zero-order valence-corrected chi connectivity index (χ0v) is 18.0. The van der Waals surface area contributed by atoms with Crippen molar-refractivity contribution >= 4 is 34.0 Å². The minimum atomic E-state index is 0.812. The van der Waals surface area contributed by atoms with Gasteiger partial charge in [-0.05, 0) is 61.7 Å². The number of unbranched alkanes of at least 4 members (excludes halogenated alkanes) is 2. The number of hydrazine groups is 1. The number of pyridine rings is 1. The molecule has 0 amide bonds. The molecule has 0 spiro atoms. The summed E-state index contributed by atoms with van der Waals surface area (Å²) in [5, 5.41) is 10.3. The smallest absolute Gasteiger partial charge is 0.152 e. The Morgan fingerprint density at radius 2 is 1.93 bits per heavy atom. The Bertz CT molecular complexity index is 994. The molecule has 3 aromatic rings. The monoisotopic (exact) mass is 424 g/mol. The molecule has 1 saturated heterocycles. The maximum Gasteiger partial charge on any atom is 0.152 e. The summed E-state index contributed by atoms with van der Waals surface area (Å²) in [6.07, 6.45) is 8.86. The summed E-state index contributed by atoms with van der Waals surface area (Å²) >= 11 is 6.16. The normalized spacial score (nSPS) is 17.4. The summed E-state index contributed by atoms with van der Waals surface area (Å²) in [4.78, 5) is 10.4. The number of nitrogens with one attached hydrogen (secondary N) is 2. The molecule has 0 saturated carbocycles. The van der Waals surface area contributed by atoms with Crippen LogP contribution in [0.2, 0.25) is 5.02 Å². The van der Waals surface area contributed by atoms with E-state index in [9.17, 15) is 0 Å². The number of aryl methyl sites for hydroxylation is 1. The number of fused-ring (bicyclic) bond motifs is 2. The van der Waals surface area contributed by atoms with E-state index in [1.807, 2.05) is 18.3 Å². The van der Waals surface area contributed by atoms with Gasteiger partial charge in [0.15, 0.2) is 5.82 Å². The van der Waals surface area contributed by atoms with Crippen LogP contribution in [-0.2, 0) is 6.42 Å². The van der Waals surface area contributed by atoms with Crippen molar-refractivity contribution in [2.75, 3.05) is 49.7 Å². The average Bonchev–Trinajstić information content (AvgIpc) is 3.38. The second-order valence-electron chi connectivity index (χ2n) is 8.22. The maximum atomic E-state index is 6.16. The molecule has 6 nitrogen and oxygen atoms in total. The highest BCUT2D eigenvalue weighted by atomic mass is 35.5. The number of rotatable bonds is 7. The zero-order chi connectivity index (χ0) is 20.3. The molecule has 5 rings (SSSR count). The molecule has 1 fully saturated rings. The molecule has 4 heterocycles. The van der Waals surface area contributed by atoms with Crippen LogP contribution in [0.5, 0.6) is 0 Å². The fourth-order valence-electron chi connectivity index (χ4n) is 4.62. The van der Waals surface area contributed by atoms with Crippen LogP contribution in [-0.4, -0.2) is 59.3 Å². The molecule has 7 heteroatoms. The summed E-state index contributed by atoms with van der Waals surface area (Å²) in [5.74, 6) is 0.998. The first-order valence-electron chi connectivity index (χ1n) is 11.0. The summed E-state index contributed by atoms with van der Waals surface area (Å²) in [6.45, 7) is 6.44. The van der Waals surface area contributed by atoms with E-state index in [0.29, 0.717) is 0 Å². The third kappa shape index (κ3) is 4.13. The van der Waals surface area contributed by atoms with Crippen LogP contribution in [0.4, 0.5) is 11.5 Å². The molecular weight excluding hydrogens is 396 g/mol. The number of hydrogen-bond acceptors (Lipinski definition) is 5. The molecule has 0 aliphatic carbocycles. The Labute approximate surface area is 182 Å². The second kappa shape index (κ2) is 8.84. The fourth-order valence-corrected chi connectivity index (χ4v) is 4.79. The van der Waals surface area contributed by atoms with Gasteiger partial charge in [-0.2, -0.15) is 0 Å². The van der Waals surface area contributed by atoms with Crippen LogP contribution in [0.3, 0.4) is 0 Å². The fraction of sp³-hybridized carbons (Fsp3) is 0.435. The molecule has 158 valence electrons. The topological polar surface area (TPSA) is 50.4 Å². The highest BCUT2D eigenvalue weighted by Gasteiger charge is 2.27. The number of nitrogens with zero attached hydrogens (tertiary/aromatic N) is 4. The SMILES string of the molecule is Clc1ccc2[nH]cc(CCCCCN3CCN(N4CNc5ncccc54)CC3)c2c1. The predicted octanol–water partition coefficient (Wildman–Crippen LogP) is 4.35. The number of aromatic nitrogens is 2. The van der Waals surface area contributed by atoms with E-state index in [2.05, 4.69) is 54.6 Å². The van der Waals surface area contributed by atoms with Crippen LogP contribution < -0.4 is 10.3 Å². The highest BCUT2D eigenvalue weighted by Crippen LogP contribution is 2.30. The Morgan fingerprint density at radius 1 is 1.03 bits per heavy atom. The van der Waals surface area contributed by atoms with Gasteiger partial charge in [0.1, 0.15) is 6.67 Å². The molecule has 2 aromatic heterocycles. The van der Waals surface area contributed by atoms with E-state index in [0.717, 1.165) is 50.1 Å². The van der Waals surface area contributed by atoms with Gasteiger partial charge in [-0.25, -0.2) is 9.99 Å². The number of piperazine rings is 1. The van der Waals surface area contributed by atoms with E-state index in [4.69, 9.17) is 11.6 Å². The van der Waals surface area contributed by atoms with E-state index >= 15 is 0 Å². The van der Waals surface area contributed by atoms with Crippen molar-refractivity contribution in [1.82, 2.24) is 19.9 Å². The number of hydrogen-bond donors (Lipinski definition) is 2. The van der Waals surface area contributed by atoms with E-state index in [1.54, 1.807) is 0 Å². The van der Waals surface area contributed by atoms with Crippen molar-refractivity contribution in [2.45, 2.75) is 25.7 Å². The van der Waals surface area contributed by atoms with Crippen molar-refractivity contribution in [3.63, 3.8) is 0 Å². The lowest BCUT2D eigenvalue weighted by molar-refractivity contribution is 0.123. The Morgan fingerprint density at radius 3 is 2.83 bits per heavy atom. The molecule has 0 unspecified atom stereocenters. The van der Waals surface area contributed by atoms with Gasteiger partial charge in [-0.1, -0.05) is 18.0 Å². The molecule has 2 N–H and O–H groups in total. The quantitative estimate of drug-likeness (QED) is 0.552. The van der Waals surface area contributed by atoms with Gasteiger partial charge in [0.2, 0.25) is 0 Å². The number of aromatic amines is 1. The van der Waals surface area contributed by atoms with Gasteiger partial charge in [0, 0.05) is 54.5 Å². The number of anilines is 2. The number of halogens is 1.